The monoisotopic (exact) mass is 737 g/mol. The van der Waals surface area contributed by atoms with E-state index in [0.717, 1.165) is 38.5 Å². The molecule has 50 heavy (non-hydrogen) atoms. The number of rotatable bonds is 39. The minimum absolute atomic E-state index is 0.197. The van der Waals surface area contributed by atoms with Crippen LogP contribution < -0.4 is 0 Å². The molecule has 0 aliphatic rings. The normalized spacial score (nSPS) is 13.9. The number of aliphatic hydroxyl groups is 2. The van der Waals surface area contributed by atoms with E-state index in [1.807, 2.05) is 0 Å². The van der Waals surface area contributed by atoms with E-state index < -0.39 is 58.4 Å². The van der Waals surface area contributed by atoms with Crippen LogP contribution in [0.2, 0.25) is 0 Å². The molecule has 0 saturated carbocycles. The number of aliphatic hydroxyl groups excluding tert-OH is 2. The number of carbonyl (C=O) groups is 2. The molecule has 0 spiro atoms. The van der Waals surface area contributed by atoms with E-state index in [1.54, 1.807) is 0 Å². The first-order valence-electron chi connectivity index (χ1n) is 20.5. The molecule has 0 aliphatic carbocycles. The van der Waals surface area contributed by atoms with Crippen LogP contribution in [-0.2, 0) is 32.7 Å². The highest BCUT2D eigenvalue weighted by atomic mass is 31.2. The minimum atomic E-state index is -4.62. The van der Waals surface area contributed by atoms with Gasteiger partial charge in [-0.3, -0.25) is 18.6 Å². The summed E-state index contributed by atoms with van der Waals surface area (Å²) in [5.41, 5.74) is 0. The van der Waals surface area contributed by atoms with E-state index in [4.69, 9.17) is 18.5 Å². The highest BCUT2D eigenvalue weighted by Gasteiger charge is 2.27. The summed E-state index contributed by atoms with van der Waals surface area (Å²) >= 11 is 0. The number of phosphoric acid groups is 1. The van der Waals surface area contributed by atoms with Crippen molar-refractivity contribution >= 4 is 19.8 Å². The molecule has 0 aromatic carbocycles. The Morgan fingerprint density at radius 1 is 0.460 bits per heavy atom. The van der Waals surface area contributed by atoms with Crippen LogP contribution in [0, 0.1) is 0 Å². The molecule has 298 valence electrons. The molecule has 0 aromatic heterocycles. The first-order chi connectivity index (χ1) is 24.3. The zero-order valence-corrected chi connectivity index (χ0v) is 33.0. The lowest BCUT2D eigenvalue weighted by Gasteiger charge is -2.20. The molecule has 0 bridgehead atoms. The molecule has 0 radical (unpaired) electrons. The minimum Gasteiger partial charge on any atom is -0.457 e. The maximum absolute atomic E-state index is 12.3. The van der Waals surface area contributed by atoms with Crippen molar-refractivity contribution in [1.82, 2.24) is 0 Å². The number of phosphoric ester groups is 1. The molecule has 0 aliphatic heterocycles. The van der Waals surface area contributed by atoms with E-state index in [2.05, 4.69) is 13.8 Å². The molecule has 10 nitrogen and oxygen atoms in total. The van der Waals surface area contributed by atoms with E-state index in [-0.39, 0.29) is 12.8 Å². The van der Waals surface area contributed by atoms with Gasteiger partial charge in [0.2, 0.25) is 0 Å². The Hall–Kier alpha value is -1.03. The Morgan fingerprint density at radius 3 is 0.940 bits per heavy atom. The van der Waals surface area contributed by atoms with Gasteiger partial charge in [-0.05, 0) is 12.8 Å². The highest BCUT2D eigenvalue weighted by molar-refractivity contribution is 7.47. The molecular weight excluding hydrogens is 659 g/mol. The predicted octanol–water partition coefficient (Wildman–Crippen LogP) is 10.3. The number of ether oxygens (including phenoxy) is 2. The van der Waals surface area contributed by atoms with E-state index in [0.29, 0.717) is 12.8 Å². The van der Waals surface area contributed by atoms with Gasteiger partial charge in [0.1, 0.15) is 12.2 Å². The van der Waals surface area contributed by atoms with Crippen LogP contribution in [0.5, 0.6) is 0 Å². The smallest absolute Gasteiger partial charge is 0.457 e. The first-order valence-corrected chi connectivity index (χ1v) is 22.0. The summed E-state index contributed by atoms with van der Waals surface area (Å²) in [6.07, 6.45) is 30.9. The van der Waals surface area contributed by atoms with Crippen LogP contribution in [0.3, 0.4) is 0 Å². The summed E-state index contributed by atoms with van der Waals surface area (Å²) in [5, 5.41) is 19.1. The van der Waals surface area contributed by atoms with Crippen molar-refractivity contribution in [3.63, 3.8) is 0 Å². The molecule has 3 N–H and O–H groups in total. The fraction of sp³-hybridized carbons (Fsp3) is 0.949. The second-order valence-electron chi connectivity index (χ2n) is 14.0. The topological polar surface area (TPSA) is 149 Å². The fourth-order valence-electron chi connectivity index (χ4n) is 5.88. The van der Waals surface area contributed by atoms with E-state index >= 15 is 0 Å². The van der Waals surface area contributed by atoms with Crippen LogP contribution in [0.15, 0.2) is 0 Å². The molecule has 0 fully saturated rings. The Labute approximate surface area is 305 Å². The average Bonchev–Trinajstić information content (AvgIpc) is 3.10. The predicted molar refractivity (Wildman–Crippen MR) is 201 cm³/mol. The molecule has 0 rings (SSSR count). The maximum Gasteiger partial charge on any atom is 0.472 e. The Bertz CT molecular complexity index is 812. The molecule has 3 atom stereocenters. The van der Waals surface area contributed by atoms with Crippen molar-refractivity contribution in [2.24, 2.45) is 0 Å². The van der Waals surface area contributed by atoms with Gasteiger partial charge in [0.25, 0.3) is 0 Å². The summed E-state index contributed by atoms with van der Waals surface area (Å²) in [4.78, 5) is 34.3. The standard InChI is InChI=1S/C39H77O10P/c1-3-5-7-9-11-13-14-15-16-17-18-19-20-21-23-25-27-29-31-39(43)49-37(33-41)35-47-50(44,45)46-34-36(32-40)48-38(42)30-28-26-24-22-12-10-8-6-4-2/h36-37,40-41H,3-35H2,1-2H3,(H,44,45). The fourth-order valence-corrected chi connectivity index (χ4v) is 6.66. The first kappa shape index (κ1) is 49.0. The van der Waals surface area contributed by atoms with Gasteiger partial charge in [-0.2, -0.15) is 0 Å². The number of hydrogen-bond acceptors (Lipinski definition) is 9. The summed E-state index contributed by atoms with van der Waals surface area (Å²) in [5.74, 6) is -1.01. The largest absolute Gasteiger partial charge is 0.472 e. The zero-order chi connectivity index (χ0) is 37.0. The average molecular weight is 737 g/mol. The second kappa shape index (κ2) is 36.3. The highest BCUT2D eigenvalue weighted by Crippen LogP contribution is 2.43. The Kier molecular flexibility index (Phi) is 35.6. The lowest BCUT2D eigenvalue weighted by molar-refractivity contribution is -0.153. The van der Waals surface area contributed by atoms with Gasteiger partial charge < -0.3 is 24.6 Å². The quantitative estimate of drug-likeness (QED) is 0.0316. The SMILES string of the molecule is CCCCCCCCCCCCCCCCCCCCC(=O)OC(CO)COP(=O)(O)OCC(CO)OC(=O)CCCCCCCCCCC. The number of hydrogen-bond donors (Lipinski definition) is 3. The van der Waals surface area contributed by atoms with Crippen LogP contribution in [-0.4, -0.2) is 65.7 Å². The van der Waals surface area contributed by atoms with Crippen LogP contribution in [0.25, 0.3) is 0 Å². The third kappa shape index (κ3) is 34.1. The molecule has 3 unspecified atom stereocenters. The van der Waals surface area contributed by atoms with Crippen LogP contribution in [0.4, 0.5) is 0 Å². The molecule has 0 aromatic rings. The molecular formula is C39H77O10P. The third-order valence-electron chi connectivity index (χ3n) is 9.07. The second-order valence-corrected chi connectivity index (χ2v) is 15.4. The van der Waals surface area contributed by atoms with Gasteiger partial charge >= 0.3 is 19.8 Å². The van der Waals surface area contributed by atoms with Gasteiger partial charge in [-0.25, -0.2) is 4.57 Å². The molecule has 0 saturated heterocycles. The van der Waals surface area contributed by atoms with Crippen molar-refractivity contribution in [2.45, 2.75) is 212 Å². The lowest BCUT2D eigenvalue weighted by atomic mass is 10.0. The van der Waals surface area contributed by atoms with Gasteiger partial charge in [-0.15, -0.1) is 0 Å². The van der Waals surface area contributed by atoms with Crippen molar-refractivity contribution < 1.29 is 47.8 Å². The Balaban J connectivity index is 3.87. The van der Waals surface area contributed by atoms with Crippen molar-refractivity contribution in [2.75, 3.05) is 26.4 Å². The van der Waals surface area contributed by atoms with Gasteiger partial charge in [-0.1, -0.05) is 174 Å². The summed E-state index contributed by atoms with van der Waals surface area (Å²) in [7, 11) is -4.62. The molecule has 11 heteroatoms. The van der Waals surface area contributed by atoms with Gasteiger partial charge in [0.05, 0.1) is 26.4 Å². The zero-order valence-electron chi connectivity index (χ0n) is 32.1. The third-order valence-corrected chi connectivity index (χ3v) is 10.0. The van der Waals surface area contributed by atoms with E-state index in [9.17, 15) is 29.3 Å². The maximum atomic E-state index is 12.3. The Morgan fingerprint density at radius 2 is 0.700 bits per heavy atom. The van der Waals surface area contributed by atoms with Crippen molar-refractivity contribution in [1.29, 1.82) is 0 Å². The molecule has 0 heterocycles. The van der Waals surface area contributed by atoms with Crippen LogP contribution >= 0.6 is 7.82 Å². The summed E-state index contributed by atoms with van der Waals surface area (Å²) in [6.45, 7) is 2.20. The van der Waals surface area contributed by atoms with E-state index in [1.165, 1.54) is 122 Å². The van der Waals surface area contributed by atoms with Gasteiger partial charge in [0.15, 0.2) is 0 Å². The number of esters is 2. The summed E-state index contributed by atoms with van der Waals surface area (Å²) < 4.78 is 32.4. The molecule has 0 amide bonds. The summed E-state index contributed by atoms with van der Waals surface area (Å²) in [6, 6.07) is 0. The lowest BCUT2D eigenvalue weighted by Crippen LogP contribution is -2.28. The number of unbranched alkanes of at least 4 members (excludes halogenated alkanes) is 25. The van der Waals surface area contributed by atoms with Crippen molar-refractivity contribution in [3.05, 3.63) is 0 Å². The van der Waals surface area contributed by atoms with Crippen LogP contribution in [0.1, 0.15) is 200 Å². The number of carbonyl (C=O) groups excluding carboxylic acids is 2. The van der Waals surface area contributed by atoms with Gasteiger partial charge in [0, 0.05) is 12.8 Å². The van der Waals surface area contributed by atoms with Crippen molar-refractivity contribution in [3.8, 4) is 0 Å².